The molecule has 0 aromatic heterocycles. The van der Waals surface area contributed by atoms with Crippen molar-refractivity contribution >= 4 is 15.9 Å². The normalized spacial score (nSPS) is 19.6. The Morgan fingerprint density at radius 2 is 2.08 bits per heavy atom. The third-order valence-corrected chi connectivity index (χ3v) is 2.89. The number of hydrogen-bond acceptors (Lipinski definition) is 0. The summed E-state index contributed by atoms with van der Waals surface area (Å²) in [5, 5.41) is 1.08. The lowest BCUT2D eigenvalue weighted by Gasteiger charge is -2.07. The Labute approximate surface area is 90.2 Å². The molecule has 0 aromatic carbocycles. The smallest absolute Gasteiger partial charge is 0.00660 e. The second kappa shape index (κ2) is 7.37. The number of rotatable bonds is 3. The molecule has 1 aliphatic rings. The van der Waals surface area contributed by atoms with Gasteiger partial charge in [0.15, 0.2) is 0 Å². The Kier molecular flexibility index (Phi) is 6.26. The van der Waals surface area contributed by atoms with E-state index in [4.69, 9.17) is 0 Å². The van der Waals surface area contributed by atoms with Gasteiger partial charge in [-0.3, -0.25) is 0 Å². The van der Waals surface area contributed by atoms with Crippen molar-refractivity contribution in [1.29, 1.82) is 0 Å². The molecule has 1 rings (SSSR count). The van der Waals surface area contributed by atoms with E-state index in [1.807, 2.05) is 0 Å². The zero-order valence-corrected chi connectivity index (χ0v) is 9.85. The van der Waals surface area contributed by atoms with E-state index in [0.29, 0.717) is 0 Å². The Bertz CT molecular complexity index is 180. The number of allylic oxidation sites excluding steroid dienone is 4. The second-order valence-electron chi connectivity index (χ2n) is 3.61. The van der Waals surface area contributed by atoms with Gasteiger partial charge in [-0.05, 0) is 32.1 Å². The van der Waals surface area contributed by atoms with Crippen LogP contribution in [0.4, 0.5) is 0 Å². The Morgan fingerprint density at radius 3 is 2.92 bits per heavy atom. The third kappa shape index (κ3) is 5.30. The van der Waals surface area contributed by atoms with Crippen LogP contribution in [0.3, 0.4) is 0 Å². The average molecular weight is 243 g/mol. The highest BCUT2D eigenvalue weighted by Gasteiger charge is 1.98. The van der Waals surface area contributed by atoms with E-state index < -0.39 is 0 Å². The topological polar surface area (TPSA) is 0 Å². The quantitative estimate of drug-likeness (QED) is 0.635. The summed E-state index contributed by atoms with van der Waals surface area (Å²) in [6.07, 6.45) is 16.3. The predicted octanol–water partition coefficient (Wildman–Crippen LogP) is 4.61. The second-order valence-corrected chi connectivity index (χ2v) is 4.40. The molecule has 0 radical (unpaired) electrons. The molecule has 74 valence electrons. The van der Waals surface area contributed by atoms with E-state index >= 15 is 0 Å². The summed E-state index contributed by atoms with van der Waals surface area (Å²) in [5.74, 6) is 0. The molecule has 1 heteroatoms. The average Bonchev–Trinajstić information content (AvgIpc) is 2.08. The van der Waals surface area contributed by atoms with Gasteiger partial charge in [0.25, 0.3) is 0 Å². The summed E-state index contributed by atoms with van der Waals surface area (Å²) in [4.78, 5) is 0. The molecule has 0 N–H and O–H groups in total. The lowest BCUT2D eigenvalue weighted by Crippen LogP contribution is -1.87. The molecule has 0 heterocycles. The summed E-state index contributed by atoms with van der Waals surface area (Å²) in [7, 11) is 0. The molecule has 0 nitrogen and oxygen atoms in total. The monoisotopic (exact) mass is 242 g/mol. The van der Waals surface area contributed by atoms with Crippen LogP contribution >= 0.6 is 15.9 Å². The summed E-state index contributed by atoms with van der Waals surface area (Å²) >= 11 is 3.43. The number of alkyl halides is 1. The van der Waals surface area contributed by atoms with Crippen LogP contribution in [0, 0.1) is 0 Å². The van der Waals surface area contributed by atoms with Crippen molar-refractivity contribution in [2.24, 2.45) is 0 Å². The third-order valence-electron chi connectivity index (χ3n) is 2.43. The fourth-order valence-corrected chi connectivity index (χ4v) is 1.93. The van der Waals surface area contributed by atoms with Crippen molar-refractivity contribution in [2.75, 3.05) is 5.33 Å². The fraction of sp³-hybridized carbons (Fsp3) is 0.667. The molecule has 0 spiro atoms. The number of halogens is 1. The van der Waals surface area contributed by atoms with Gasteiger partial charge in [0.2, 0.25) is 0 Å². The highest BCUT2D eigenvalue weighted by atomic mass is 79.9. The van der Waals surface area contributed by atoms with Gasteiger partial charge in [0.05, 0.1) is 0 Å². The highest BCUT2D eigenvalue weighted by molar-refractivity contribution is 9.09. The van der Waals surface area contributed by atoms with Crippen LogP contribution in [0.1, 0.15) is 44.9 Å². The van der Waals surface area contributed by atoms with Gasteiger partial charge in [-0.25, -0.2) is 0 Å². The maximum absolute atomic E-state index is 3.43. The van der Waals surface area contributed by atoms with Crippen molar-refractivity contribution < 1.29 is 0 Å². The van der Waals surface area contributed by atoms with E-state index in [0.717, 1.165) is 11.8 Å². The zero-order chi connectivity index (χ0) is 9.36. The first-order valence-electron chi connectivity index (χ1n) is 5.35. The summed E-state index contributed by atoms with van der Waals surface area (Å²) < 4.78 is 0. The van der Waals surface area contributed by atoms with E-state index in [1.165, 1.54) is 38.5 Å². The van der Waals surface area contributed by atoms with Crippen LogP contribution in [0.15, 0.2) is 23.8 Å². The van der Waals surface area contributed by atoms with Gasteiger partial charge >= 0.3 is 0 Å². The summed E-state index contributed by atoms with van der Waals surface area (Å²) in [6, 6.07) is 0. The first-order valence-corrected chi connectivity index (χ1v) is 6.47. The first-order chi connectivity index (χ1) is 6.43. The molecule has 1 aliphatic carbocycles. The van der Waals surface area contributed by atoms with Gasteiger partial charge in [-0.15, -0.1) is 0 Å². The van der Waals surface area contributed by atoms with E-state index in [1.54, 1.807) is 5.57 Å². The van der Waals surface area contributed by atoms with Crippen molar-refractivity contribution in [1.82, 2.24) is 0 Å². The molecule has 13 heavy (non-hydrogen) atoms. The summed E-state index contributed by atoms with van der Waals surface area (Å²) in [5.41, 5.74) is 1.56. The minimum Gasteiger partial charge on any atom is -0.0925 e. The van der Waals surface area contributed by atoms with Crippen LogP contribution in [0.25, 0.3) is 0 Å². The van der Waals surface area contributed by atoms with Crippen molar-refractivity contribution in [3.63, 3.8) is 0 Å². The number of hydrogen-bond donors (Lipinski definition) is 0. The molecular weight excluding hydrogens is 224 g/mol. The molecule has 0 atom stereocenters. The largest absolute Gasteiger partial charge is 0.0925 e. The first kappa shape index (κ1) is 11.0. The van der Waals surface area contributed by atoms with E-state index in [-0.39, 0.29) is 0 Å². The van der Waals surface area contributed by atoms with Crippen LogP contribution < -0.4 is 0 Å². The lowest BCUT2D eigenvalue weighted by atomic mass is 10.00. The summed E-state index contributed by atoms with van der Waals surface area (Å²) in [6.45, 7) is 0. The van der Waals surface area contributed by atoms with Crippen molar-refractivity contribution in [3.05, 3.63) is 23.8 Å². The molecule has 0 fully saturated rings. The molecule has 0 saturated carbocycles. The van der Waals surface area contributed by atoms with Gasteiger partial charge in [0.1, 0.15) is 0 Å². The molecule has 0 aliphatic heterocycles. The van der Waals surface area contributed by atoms with Crippen LogP contribution in [0.5, 0.6) is 0 Å². The minimum absolute atomic E-state index is 1.08. The van der Waals surface area contributed by atoms with Crippen LogP contribution in [-0.2, 0) is 0 Å². The SMILES string of the molecule is BrCC/C=C/C1=CCCCCCC1. The van der Waals surface area contributed by atoms with Gasteiger partial charge in [0, 0.05) is 5.33 Å². The van der Waals surface area contributed by atoms with Crippen LogP contribution in [-0.4, -0.2) is 5.33 Å². The minimum atomic E-state index is 1.08. The maximum Gasteiger partial charge on any atom is 0.00660 e. The highest BCUT2D eigenvalue weighted by Crippen LogP contribution is 2.17. The fourth-order valence-electron chi connectivity index (χ4n) is 1.67. The van der Waals surface area contributed by atoms with Crippen molar-refractivity contribution in [2.45, 2.75) is 44.9 Å². The lowest BCUT2D eigenvalue weighted by molar-refractivity contribution is 0.629. The Morgan fingerprint density at radius 1 is 1.23 bits per heavy atom. The van der Waals surface area contributed by atoms with Gasteiger partial charge in [-0.1, -0.05) is 52.6 Å². The van der Waals surface area contributed by atoms with Gasteiger partial charge < -0.3 is 0 Å². The Balaban J connectivity index is 2.35. The zero-order valence-electron chi connectivity index (χ0n) is 8.27. The molecule has 0 bridgehead atoms. The predicted molar refractivity (Wildman–Crippen MR) is 63.3 cm³/mol. The van der Waals surface area contributed by atoms with Crippen LogP contribution in [0.2, 0.25) is 0 Å². The van der Waals surface area contributed by atoms with E-state index in [9.17, 15) is 0 Å². The molecule has 0 unspecified atom stereocenters. The van der Waals surface area contributed by atoms with Gasteiger partial charge in [-0.2, -0.15) is 0 Å². The molecule has 0 saturated heterocycles. The molecule has 0 aromatic rings. The van der Waals surface area contributed by atoms with E-state index in [2.05, 4.69) is 34.2 Å². The Hall–Kier alpha value is -0.0400. The maximum atomic E-state index is 3.43. The molecular formula is C12H19Br. The van der Waals surface area contributed by atoms with Crippen molar-refractivity contribution in [3.8, 4) is 0 Å². The molecule has 0 amide bonds. The standard InChI is InChI=1S/C12H19Br/c13-11-7-6-10-12-8-4-2-1-3-5-9-12/h6,8,10H,1-5,7,9,11H2/b10-6+,12-8?.